The van der Waals surface area contributed by atoms with E-state index in [1.54, 1.807) is 4.90 Å². The van der Waals surface area contributed by atoms with Gasteiger partial charge in [-0.1, -0.05) is 42.5 Å². The summed E-state index contributed by atoms with van der Waals surface area (Å²) in [6.45, 7) is 4.82. The predicted molar refractivity (Wildman–Crippen MR) is 122 cm³/mol. The van der Waals surface area contributed by atoms with Gasteiger partial charge in [-0.2, -0.15) is 0 Å². The highest BCUT2D eigenvalue weighted by Crippen LogP contribution is 2.62. The second kappa shape index (κ2) is 7.31. The third-order valence-electron chi connectivity index (χ3n) is 8.82. The molecule has 0 spiro atoms. The Hall–Kier alpha value is -1.91. The second-order valence-electron chi connectivity index (χ2n) is 11.3. The number of fused-ring (bicyclic) bond motifs is 1. The number of hydrogen-bond acceptors (Lipinski definition) is 2. The summed E-state index contributed by atoms with van der Waals surface area (Å²) in [6.07, 6.45) is 7.12. The van der Waals surface area contributed by atoms with Crippen LogP contribution in [0.2, 0.25) is 0 Å². The van der Waals surface area contributed by atoms with Crippen LogP contribution >= 0.6 is 0 Å². The molecule has 1 saturated heterocycles. The monoisotopic (exact) mass is 419 g/mol. The first-order chi connectivity index (χ1) is 15.0. The fourth-order valence-corrected chi connectivity index (χ4v) is 8.01. The van der Waals surface area contributed by atoms with Crippen LogP contribution in [0.25, 0.3) is 10.8 Å². The van der Waals surface area contributed by atoms with Crippen molar-refractivity contribution in [1.82, 2.24) is 4.90 Å². The number of carbonyl (C=O) groups is 1. The highest BCUT2D eigenvalue weighted by atomic mass is 16.3. The van der Waals surface area contributed by atoms with Gasteiger partial charge in [0.05, 0.1) is 31.8 Å². The van der Waals surface area contributed by atoms with Gasteiger partial charge in [0.2, 0.25) is 5.91 Å². The number of amides is 1. The van der Waals surface area contributed by atoms with E-state index >= 15 is 0 Å². The largest absolute Gasteiger partial charge is 0.390 e. The van der Waals surface area contributed by atoms with Crippen LogP contribution in [0.15, 0.2) is 42.5 Å². The number of piperazine rings is 1. The Morgan fingerprint density at radius 1 is 1.00 bits per heavy atom. The predicted octanol–water partition coefficient (Wildman–Crippen LogP) is 2.79. The molecule has 5 fully saturated rings. The summed E-state index contributed by atoms with van der Waals surface area (Å²) in [5.41, 5.74) is 1.03. The first-order valence-corrected chi connectivity index (χ1v) is 12.3. The van der Waals surface area contributed by atoms with Crippen LogP contribution in [0.1, 0.15) is 50.5 Å². The molecule has 4 nitrogen and oxygen atoms in total. The SMILES string of the molecule is O=C(CC12C[C@@H]3C[C@@H](CC(O)(C3)C1)C2)N1CC[NH+](Cc2cccc3ccccc23)CC1. The van der Waals surface area contributed by atoms with Crippen LogP contribution in [0.5, 0.6) is 0 Å². The van der Waals surface area contributed by atoms with E-state index in [0.29, 0.717) is 24.2 Å². The van der Waals surface area contributed by atoms with Crippen LogP contribution in [0.4, 0.5) is 0 Å². The van der Waals surface area contributed by atoms with E-state index in [4.69, 9.17) is 0 Å². The molecule has 2 aromatic carbocycles. The first-order valence-electron chi connectivity index (χ1n) is 12.3. The van der Waals surface area contributed by atoms with Crippen LogP contribution in [-0.4, -0.2) is 47.7 Å². The average molecular weight is 420 g/mol. The quantitative estimate of drug-likeness (QED) is 0.801. The average Bonchev–Trinajstić information content (AvgIpc) is 2.72. The zero-order chi connectivity index (χ0) is 21.1. The van der Waals surface area contributed by atoms with E-state index in [1.807, 2.05) is 0 Å². The minimum absolute atomic E-state index is 0.0862. The minimum atomic E-state index is -0.467. The normalized spacial score (nSPS) is 35.1. The molecule has 2 aromatic rings. The number of nitrogens with zero attached hydrogens (tertiary/aromatic N) is 1. The number of rotatable bonds is 4. The van der Waals surface area contributed by atoms with E-state index in [2.05, 4.69) is 47.4 Å². The number of benzene rings is 2. The highest BCUT2D eigenvalue weighted by molar-refractivity contribution is 5.85. The van der Waals surface area contributed by atoms with Crippen LogP contribution in [0, 0.1) is 17.3 Å². The molecule has 1 aliphatic heterocycles. The van der Waals surface area contributed by atoms with Crippen molar-refractivity contribution >= 4 is 16.7 Å². The lowest BCUT2D eigenvalue weighted by Gasteiger charge is -2.60. The number of nitrogens with one attached hydrogen (secondary N) is 1. The molecule has 4 aliphatic carbocycles. The van der Waals surface area contributed by atoms with Gasteiger partial charge in [0.1, 0.15) is 6.54 Å². The Morgan fingerprint density at radius 2 is 1.71 bits per heavy atom. The molecular weight excluding hydrogens is 384 g/mol. The van der Waals surface area contributed by atoms with E-state index < -0.39 is 5.60 Å². The Morgan fingerprint density at radius 3 is 2.45 bits per heavy atom. The topological polar surface area (TPSA) is 45.0 Å². The minimum Gasteiger partial charge on any atom is -0.390 e. The smallest absolute Gasteiger partial charge is 0.223 e. The lowest BCUT2D eigenvalue weighted by atomic mass is 9.47. The molecule has 1 amide bonds. The van der Waals surface area contributed by atoms with E-state index in [9.17, 15) is 9.90 Å². The number of carbonyl (C=O) groups excluding carboxylic acids is 1. The summed E-state index contributed by atoms with van der Waals surface area (Å²) in [7, 11) is 0. The third-order valence-corrected chi connectivity index (χ3v) is 8.82. The molecule has 2 unspecified atom stereocenters. The molecule has 164 valence electrons. The van der Waals surface area contributed by atoms with Crippen molar-refractivity contribution in [3.05, 3.63) is 48.0 Å². The zero-order valence-electron chi connectivity index (χ0n) is 18.5. The van der Waals surface area contributed by atoms with E-state index in [0.717, 1.165) is 52.0 Å². The van der Waals surface area contributed by atoms with Gasteiger partial charge < -0.3 is 14.9 Å². The van der Waals surface area contributed by atoms with Crippen molar-refractivity contribution in [2.45, 2.75) is 57.1 Å². The summed E-state index contributed by atoms with van der Waals surface area (Å²) in [6, 6.07) is 15.2. The highest BCUT2D eigenvalue weighted by Gasteiger charge is 2.57. The van der Waals surface area contributed by atoms with Crippen LogP contribution < -0.4 is 4.90 Å². The second-order valence-corrected chi connectivity index (χ2v) is 11.3. The first kappa shape index (κ1) is 19.8. The van der Waals surface area contributed by atoms with Crippen molar-refractivity contribution in [1.29, 1.82) is 0 Å². The standard InChI is InChI=1S/C27H34N2O2/c30-25(17-26-13-20-12-21(14-26)16-27(31,15-20)19-26)29-10-8-28(9-11-29)18-23-6-3-5-22-4-1-2-7-24(22)23/h1-7,20-21,31H,8-19H2/p+1/t20-,21+,26?,27?. The Kier molecular flexibility index (Phi) is 4.66. The van der Waals surface area contributed by atoms with Gasteiger partial charge in [0, 0.05) is 12.0 Å². The van der Waals surface area contributed by atoms with Crippen molar-refractivity contribution in [2.24, 2.45) is 17.3 Å². The Balaban J connectivity index is 1.08. The molecule has 0 aromatic heterocycles. The lowest BCUT2D eigenvalue weighted by Crippen LogP contribution is -3.13. The van der Waals surface area contributed by atoms with Crippen molar-refractivity contribution < 1.29 is 14.8 Å². The molecule has 7 rings (SSSR count). The Bertz CT molecular complexity index is 974. The van der Waals surface area contributed by atoms with Crippen molar-refractivity contribution in [3.63, 3.8) is 0 Å². The van der Waals surface area contributed by atoms with Gasteiger partial charge in [-0.3, -0.25) is 4.79 Å². The molecule has 4 bridgehead atoms. The van der Waals surface area contributed by atoms with Crippen molar-refractivity contribution in [2.75, 3.05) is 26.2 Å². The summed E-state index contributed by atoms with van der Waals surface area (Å²) in [5, 5.41) is 13.7. The fourth-order valence-electron chi connectivity index (χ4n) is 8.01. The molecule has 1 heterocycles. The number of quaternary nitrogens is 1. The van der Waals surface area contributed by atoms with Gasteiger partial charge in [-0.25, -0.2) is 0 Å². The van der Waals surface area contributed by atoms with Crippen LogP contribution in [-0.2, 0) is 11.3 Å². The van der Waals surface area contributed by atoms with Gasteiger partial charge >= 0.3 is 0 Å². The molecule has 4 saturated carbocycles. The maximum atomic E-state index is 13.3. The molecule has 4 atom stereocenters. The molecule has 0 radical (unpaired) electrons. The van der Waals surface area contributed by atoms with Crippen LogP contribution in [0.3, 0.4) is 0 Å². The summed E-state index contributed by atoms with van der Waals surface area (Å²) in [4.78, 5) is 17.0. The summed E-state index contributed by atoms with van der Waals surface area (Å²) in [5.74, 6) is 1.65. The van der Waals surface area contributed by atoms with E-state index in [1.165, 1.54) is 35.6 Å². The van der Waals surface area contributed by atoms with Gasteiger partial charge in [-0.05, 0) is 66.5 Å². The zero-order valence-corrected chi connectivity index (χ0v) is 18.5. The number of aliphatic hydroxyl groups is 1. The van der Waals surface area contributed by atoms with E-state index in [-0.39, 0.29) is 5.41 Å². The molecular formula is C27H35N2O2+. The fraction of sp³-hybridized carbons (Fsp3) is 0.593. The van der Waals surface area contributed by atoms with Gasteiger partial charge in [-0.15, -0.1) is 0 Å². The Labute approximate surface area is 185 Å². The number of hydrogen-bond donors (Lipinski definition) is 2. The molecule has 5 aliphatic rings. The molecule has 2 N–H and O–H groups in total. The van der Waals surface area contributed by atoms with Gasteiger partial charge in [0.25, 0.3) is 0 Å². The molecule has 31 heavy (non-hydrogen) atoms. The van der Waals surface area contributed by atoms with Gasteiger partial charge in [0.15, 0.2) is 0 Å². The molecule has 4 heteroatoms. The third kappa shape index (κ3) is 3.68. The lowest BCUT2D eigenvalue weighted by molar-refractivity contribution is -0.917. The maximum Gasteiger partial charge on any atom is 0.223 e. The summed E-state index contributed by atoms with van der Waals surface area (Å²) >= 11 is 0. The summed E-state index contributed by atoms with van der Waals surface area (Å²) < 4.78 is 0. The maximum absolute atomic E-state index is 13.3. The van der Waals surface area contributed by atoms with Crippen molar-refractivity contribution in [3.8, 4) is 0 Å².